The molecule has 3 aromatic carbocycles. The lowest BCUT2D eigenvalue weighted by Crippen LogP contribution is -2.22. The molecule has 3 heterocycles. The van der Waals surface area contributed by atoms with E-state index < -0.39 is 5.92 Å². The van der Waals surface area contributed by atoms with Crippen molar-refractivity contribution in [2.45, 2.75) is 19.3 Å². The number of ketones is 1. The number of allylic oxidation sites excluding steroid dienone is 1. The summed E-state index contributed by atoms with van der Waals surface area (Å²) in [6.07, 6.45) is 1.77. The van der Waals surface area contributed by atoms with Crippen molar-refractivity contribution < 1.29 is 33.3 Å². The smallest absolute Gasteiger partial charge is 0.312 e. The van der Waals surface area contributed by atoms with Crippen molar-refractivity contribution >= 4 is 17.8 Å². The summed E-state index contributed by atoms with van der Waals surface area (Å²) < 4.78 is 29.0. The van der Waals surface area contributed by atoms with Crippen LogP contribution in [-0.4, -0.2) is 31.6 Å². The molecule has 0 radical (unpaired) electrons. The van der Waals surface area contributed by atoms with Crippen LogP contribution in [-0.2, 0) is 4.79 Å². The average molecular weight is 497 g/mol. The zero-order valence-electron chi connectivity index (χ0n) is 20.2. The van der Waals surface area contributed by atoms with Crippen LogP contribution in [0.4, 0.5) is 0 Å². The van der Waals surface area contributed by atoms with Gasteiger partial charge in [0.15, 0.2) is 17.3 Å². The molecule has 3 aliphatic rings. The van der Waals surface area contributed by atoms with Gasteiger partial charge >= 0.3 is 5.97 Å². The van der Waals surface area contributed by atoms with E-state index in [1.807, 2.05) is 49.4 Å². The topological polar surface area (TPSA) is 80.3 Å². The molecule has 0 amide bonds. The molecular weight excluding hydrogens is 472 g/mol. The van der Waals surface area contributed by atoms with E-state index in [4.69, 9.17) is 23.7 Å². The zero-order chi connectivity index (χ0) is 25.5. The molecule has 37 heavy (non-hydrogen) atoms. The highest BCUT2D eigenvalue weighted by molar-refractivity contribution is 6.15. The van der Waals surface area contributed by atoms with Crippen LogP contribution in [0.2, 0.25) is 0 Å². The maximum atomic E-state index is 13.3. The molecule has 0 saturated carbocycles. The average Bonchev–Trinajstić information content (AvgIpc) is 3.21. The first-order chi connectivity index (χ1) is 18.0. The van der Waals surface area contributed by atoms with Crippen molar-refractivity contribution in [1.29, 1.82) is 0 Å². The molecule has 0 bridgehead atoms. The number of hydrogen-bond acceptors (Lipinski definition) is 7. The van der Waals surface area contributed by atoms with Crippen LogP contribution in [0.1, 0.15) is 46.3 Å². The summed E-state index contributed by atoms with van der Waals surface area (Å²) in [5, 5.41) is 0. The fourth-order valence-corrected chi connectivity index (χ4v) is 4.77. The number of carbonyl (C=O) groups excluding carboxylic acids is 2. The molecule has 0 N–H and O–H groups in total. The summed E-state index contributed by atoms with van der Waals surface area (Å²) in [4.78, 5) is 25.9. The maximum absolute atomic E-state index is 13.3. The molecule has 3 aliphatic heterocycles. The predicted octanol–water partition coefficient (Wildman–Crippen LogP) is 5.47. The van der Waals surface area contributed by atoms with Gasteiger partial charge in [0.25, 0.3) is 0 Å². The van der Waals surface area contributed by atoms with Gasteiger partial charge in [0.1, 0.15) is 37.1 Å². The summed E-state index contributed by atoms with van der Waals surface area (Å²) in [6.45, 7) is 7.12. The largest absolute Gasteiger partial charge is 0.489 e. The van der Waals surface area contributed by atoms with E-state index in [0.29, 0.717) is 59.7 Å². The van der Waals surface area contributed by atoms with Gasteiger partial charge in [-0.15, -0.1) is 0 Å². The molecule has 7 heteroatoms. The summed E-state index contributed by atoms with van der Waals surface area (Å²) in [5.41, 5.74) is 3.52. The van der Waals surface area contributed by atoms with Crippen LogP contribution in [0, 0.1) is 0 Å². The summed E-state index contributed by atoms with van der Waals surface area (Å²) >= 11 is 0. The second-order valence-corrected chi connectivity index (χ2v) is 9.21. The van der Waals surface area contributed by atoms with Crippen LogP contribution in [0.5, 0.6) is 28.7 Å². The first-order valence-electron chi connectivity index (χ1n) is 12.1. The second kappa shape index (κ2) is 9.17. The number of Topliss-reactive ketones (excluding diaryl/α,β-unsaturated/α-hetero) is 1. The van der Waals surface area contributed by atoms with Crippen molar-refractivity contribution in [3.8, 4) is 28.7 Å². The molecular formula is C30H24O7. The standard InChI is InChI=1S/C30H24O7/c1-17(2)16-35-22-6-4-3-5-19(22)21-15-27(31)36-24-10-8-20-29(32)26(37-30(20)28(21)24)14-18-7-9-23-25(13-18)34-12-11-33-23/h3-10,13-14,21H,1,11-12,15-16H2,2H3. The molecule has 1 atom stereocenters. The van der Waals surface area contributed by atoms with E-state index in [1.54, 1.807) is 18.2 Å². The number of para-hydroxylation sites is 1. The van der Waals surface area contributed by atoms with Gasteiger partial charge < -0.3 is 23.7 Å². The Labute approximate surface area is 213 Å². The lowest BCUT2D eigenvalue weighted by molar-refractivity contribution is -0.135. The van der Waals surface area contributed by atoms with Crippen molar-refractivity contribution in [1.82, 2.24) is 0 Å². The number of ether oxygens (including phenoxy) is 5. The van der Waals surface area contributed by atoms with E-state index in [1.165, 1.54) is 0 Å². The van der Waals surface area contributed by atoms with Gasteiger partial charge in [-0.3, -0.25) is 9.59 Å². The van der Waals surface area contributed by atoms with Gasteiger partial charge in [-0.25, -0.2) is 0 Å². The van der Waals surface area contributed by atoms with E-state index in [-0.39, 0.29) is 23.9 Å². The first kappa shape index (κ1) is 22.9. The predicted molar refractivity (Wildman–Crippen MR) is 136 cm³/mol. The number of esters is 1. The van der Waals surface area contributed by atoms with Crippen molar-refractivity contribution in [2.75, 3.05) is 19.8 Å². The number of hydrogen-bond donors (Lipinski definition) is 0. The van der Waals surface area contributed by atoms with Gasteiger partial charge in [0, 0.05) is 17.0 Å². The lowest BCUT2D eigenvalue weighted by atomic mass is 9.84. The third-order valence-corrected chi connectivity index (χ3v) is 6.41. The Balaban J connectivity index is 1.40. The highest BCUT2D eigenvalue weighted by Gasteiger charge is 2.39. The van der Waals surface area contributed by atoms with E-state index >= 15 is 0 Å². The monoisotopic (exact) mass is 496 g/mol. The van der Waals surface area contributed by atoms with Gasteiger partial charge in [-0.1, -0.05) is 30.8 Å². The van der Waals surface area contributed by atoms with Gasteiger partial charge in [-0.05, 0) is 54.5 Å². The molecule has 0 aromatic heterocycles. The minimum atomic E-state index is -0.408. The van der Waals surface area contributed by atoms with Crippen LogP contribution in [0.3, 0.4) is 0 Å². The third-order valence-electron chi connectivity index (χ3n) is 6.41. The zero-order valence-corrected chi connectivity index (χ0v) is 20.2. The van der Waals surface area contributed by atoms with Crippen LogP contribution in [0.15, 0.2) is 72.5 Å². The van der Waals surface area contributed by atoms with Crippen molar-refractivity contribution in [3.05, 3.63) is 94.8 Å². The van der Waals surface area contributed by atoms with Gasteiger partial charge in [0.05, 0.1) is 12.0 Å². The normalized spacial score (nSPS) is 18.5. The van der Waals surface area contributed by atoms with Gasteiger partial charge in [0.2, 0.25) is 5.78 Å². The number of rotatable bonds is 5. The Hall–Kier alpha value is -4.52. The van der Waals surface area contributed by atoms with Crippen LogP contribution >= 0.6 is 0 Å². The molecule has 3 aromatic rings. The molecule has 0 aliphatic carbocycles. The summed E-state index contributed by atoms with van der Waals surface area (Å²) in [5.74, 6) is 1.89. The fraction of sp³-hybridized carbons (Fsp3) is 0.200. The quantitative estimate of drug-likeness (QED) is 0.201. The van der Waals surface area contributed by atoms with E-state index in [0.717, 1.165) is 16.7 Å². The number of carbonyl (C=O) groups is 2. The Morgan fingerprint density at radius 2 is 1.78 bits per heavy atom. The van der Waals surface area contributed by atoms with Crippen LogP contribution in [0.25, 0.3) is 6.08 Å². The highest BCUT2D eigenvalue weighted by Crippen LogP contribution is 2.50. The van der Waals surface area contributed by atoms with Gasteiger partial charge in [-0.2, -0.15) is 0 Å². The lowest BCUT2D eigenvalue weighted by Gasteiger charge is -2.27. The number of fused-ring (bicyclic) bond motifs is 4. The van der Waals surface area contributed by atoms with Crippen LogP contribution < -0.4 is 23.7 Å². The summed E-state index contributed by atoms with van der Waals surface area (Å²) in [6, 6.07) is 16.3. The molecule has 0 fully saturated rings. The van der Waals surface area contributed by atoms with E-state index in [9.17, 15) is 9.59 Å². The molecule has 1 unspecified atom stereocenters. The Morgan fingerprint density at radius 3 is 2.62 bits per heavy atom. The van der Waals surface area contributed by atoms with Crippen molar-refractivity contribution in [2.24, 2.45) is 0 Å². The molecule has 186 valence electrons. The Morgan fingerprint density at radius 1 is 1.00 bits per heavy atom. The van der Waals surface area contributed by atoms with Crippen molar-refractivity contribution in [3.63, 3.8) is 0 Å². The molecule has 0 saturated heterocycles. The minimum Gasteiger partial charge on any atom is -0.489 e. The first-order valence-corrected chi connectivity index (χ1v) is 12.1. The molecule has 6 rings (SSSR count). The second-order valence-electron chi connectivity index (χ2n) is 9.21. The summed E-state index contributed by atoms with van der Waals surface area (Å²) in [7, 11) is 0. The maximum Gasteiger partial charge on any atom is 0.312 e. The number of benzene rings is 3. The SMILES string of the molecule is C=C(C)COc1ccccc1C1CC(=O)Oc2ccc3c(c21)OC(=Cc1ccc2c(c1)OCCO2)C3=O. The fourth-order valence-electron chi connectivity index (χ4n) is 4.77. The molecule has 7 nitrogen and oxygen atoms in total. The Bertz CT molecular complexity index is 1480. The molecule has 0 spiro atoms. The minimum absolute atomic E-state index is 0.0929. The third kappa shape index (κ3) is 4.22. The Kier molecular flexibility index (Phi) is 5.68. The highest BCUT2D eigenvalue weighted by atomic mass is 16.6. The van der Waals surface area contributed by atoms with E-state index in [2.05, 4.69) is 6.58 Å².